The first kappa shape index (κ1) is 21.1. The van der Waals surface area contributed by atoms with E-state index in [9.17, 15) is 0 Å². The van der Waals surface area contributed by atoms with E-state index in [1.807, 2.05) is 16.8 Å². The molecule has 1 aromatic heterocycles. The third-order valence-electron chi connectivity index (χ3n) is 5.78. The highest BCUT2D eigenvalue weighted by molar-refractivity contribution is 5.50. The van der Waals surface area contributed by atoms with Crippen LogP contribution in [-0.2, 0) is 0 Å². The van der Waals surface area contributed by atoms with E-state index in [1.165, 1.54) is 5.69 Å². The van der Waals surface area contributed by atoms with Gasteiger partial charge in [-0.2, -0.15) is 0 Å². The third-order valence-corrected chi connectivity index (χ3v) is 5.78. The molecule has 31 heavy (non-hydrogen) atoms. The Hall–Kier alpha value is -3.13. The van der Waals surface area contributed by atoms with Crippen LogP contribution in [0.15, 0.2) is 48.5 Å². The Kier molecular flexibility index (Phi) is 6.36. The zero-order valence-corrected chi connectivity index (χ0v) is 18.6. The molecule has 1 saturated heterocycles. The Balaban J connectivity index is 1.70. The van der Waals surface area contributed by atoms with Gasteiger partial charge in [0.25, 0.3) is 0 Å². The van der Waals surface area contributed by atoms with Crippen molar-refractivity contribution in [1.82, 2.24) is 25.1 Å². The van der Waals surface area contributed by atoms with Crippen LogP contribution < -0.4 is 14.4 Å². The van der Waals surface area contributed by atoms with E-state index >= 15 is 0 Å². The average Bonchev–Trinajstić information content (AvgIpc) is 3.30. The van der Waals surface area contributed by atoms with E-state index in [-0.39, 0.29) is 12.1 Å². The van der Waals surface area contributed by atoms with Crippen LogP contribution in [0.2, 0.25) is 0 Å². The fourth-order valence-electron chi connectivity index (χ4n) is 4.25. The SMILES string of the molecule is COc1cccc([C@H](c2nnnn2C(C)C)N2CCN(c3ccccc3)CC2)c1OC. The molecular weight excluding hydrogens is 392 g/mol. The minimum Gasteiger partial charge on any atom is -0.493 e. The lowest BCUT2D eigenvalue weighted by Crippen LogP contribution is -2.48. The van der Waals surface area contributed by atoms with E-state index < -0.39 is 0 Å². The van der Waals surface area contributed by atoms with Crippen LogP contribution in [0.1, 0.15) is 37.3 Å². The molecule has 0 N–H and O–H groups in total. The second-order valence-corrected chi connectivity index (χ2v) is 7.92. The summed E-state index contributed by atoms with van der Waals surface area (Å²) >= 11 is 0. The van der Waals surface area contributed by atoms with E-state index in [0.29, 0.717) is 5.75 Å². The second kappa shape index (κ2) is 9.34. The Morgan fingerprint density at radius 3 is 2.26 bits per heavy atom. The minimum absolute atomic E-state index is 0.139. The summed E-state index contributed by atoms with van der Waals surface area (Å²) in [5.74, 6) is 2.24. The zero-order chi connectivity index (χ0) is 21.8. The van der Waals surface area contributed by atoms with Crippen LogP contribution >= 0.6 is 0 Å². The van der Waals surface area contributed by atoms with Gasteiger partial charge in [0, 0.05) is 37.4 Å². The predicted molar refractivity (Wildman–Crippen MR) is 120 cm³/mol. The number of para-hydroxylation sites is 2. The van der Waals surface area contributed by atoms with Gasteiger partial charge in [-0.3, -0.25) is 4.90 Å². The molecule has 0 saturated carbocycles. The van der Waals surface area contributed by atoms with Crippen LogP contribution in [-0.4, -0.2) is 65.5 Å². The first-order valence-corrected chi connectivity index (χ1v) is 10.7. The van der Waals surface area contributed by atoms with Crippen molar-refractivity contribution in [3.8, 4) is 11.5 Å². The summed E-state index contributed by atoms with van der Waals surface area (Å²) < 4.78 is 13.3. The van der Waals surface area contributed by atoms with Gasteiger partial charge in [0.05, 0.1) is 20.3 Å². The number of anilines is 1. The van der Waals surface area contributed by atoms with Gasteiger partial charge in [-0.1, -0.05) is 30.3 Å². The molecule has 0 spiro atoms. The number of nitrogens with zero attached hydrogens (tertiary/aromatic N) is 6. The molecule has 1 fully saturated rings. The second-order valence-electron chi connectivity index (χ2n) is 7.92. The lowest BCUT2D eigenvalue weighted by molar-refractivity contribution is 0.195. The molecule has 0 aliphatic carbocycles. The highest BCUT2D eigenvalue weighted by Crippen LogP contribution is 2.40. The van der Waals surface area contributed by atoms with Crippen molar-refractivity contribution < 1.29 is 9.47 Å². The molecule has 8 heteroatoms. The number of aromatic nitrogens is 4. The molecule has 0 bridgehead atoms. The normalized spacial score (nSPS) is 15.8. The van der Waals surface area contributed by atoms with Gasteiger partial charge in [-0.15, -0.1) is 5.10 Å². The van der Waals surface area contributed by atoms with Crippen molar-refractivity contribution in [1.29, 1.82) is 0 Å². The number of methoxy groups -OCH3 is 2. The van der Waals surface area contributed by atoms with E-state index in [1.54, 1.807) is 14.2 Å². The maximum absolute atomic E-state index is 5.79. The van der Waals surface area contributed by atoms with Crippen LogP contribution in [0, 0.1) is 0 Å². The number of hydrogen-bond acceptors (Lipinski definition) is 7. The number of benzene rings is 2. The summed E-state index contributed by atoms with van der Waals surface area (Å²) in [5, 5.41) is 12.7. The zero-order valence-electron chi connectivity index (χ0n) is 18.6. The molecule has 1 atom stereocenters. The molecule has 4 rings (SSSR count). The fourth-order valence-corrected chi connectivity index (χ4v) is 4.25. The number of hydrogen-bond donors (Lipinski definition) is 0. The molecule has 0 unspecified atom stereocenters. The van der Waals surface area contributed by atoms with Gasteiger partial charge in [-0.05, 0) is 42.5 Å². The van der Waals surface area contributed by atoms with Gasteiger partial charge >= 0.3 is 0 Å². The number of ether oxygens (including phenoxy) is 2. The molecule has 3 aromatic rings. The molecule has 0 radical (unpaired) electrons. The van der Waals surface area contributed by atoms with Crippen LogP contribution in [0.25, 0.3) is 0 Å². The minimum atomic E-state index is -0.139. The molecule has 164 valence electrons. The largest absolute Gasteiger partial charge is 0.493 e. The highest BCUT2D eigenvalue weighted by atomic mass is 16.5. The summed E-state index contributed by atoms with van der Waals surface area (Å²) in [5.41, 5.74) is 2.26. The third kappa shape index (κ3) is 4.20. The van der Waals surface area contributed by atoms with Crippen molar-refractivity contribution in [2.45, 2.75) is 25.9 Å². The standard InChI is InChI=1S/C23H30N6O2/c1-17(2)29-23(24-25-26-29)21(19-11-8-12-20(30-3)22(19)31-4)28-15-13-27(14-16-28)18-9-6-5-7-10-18/h5-12,17,21H,13-16H2,1-4H3/t21-/m1/s1. The summed E-state index contributed by atoms with van der Waals surface area (Å²) in [6.07, 6.45) is 0. The smallest absolute Gasteiger partial charge is 0.173 e. The van der Waals surface area contributed by atoms with Crippen molar-refractivity contribution in [3.05, 3.63) is 59.9 Å². The van der Waals surface area contributed by atoms with Crippen LogP contribution in [0.5, 0.6) is 11.5 Å². The van der Waals surface area contributed by atoms with Crippen molar-refractivity contribution >= 4 is 5.69 Å². The Labute approximate surface area is 183 Å². The Bertz CT molecular complexity index is 983. The lowest BCUT2D eigenvalue weighted by Gasteiger charge is -2.40. The van der Waals surface area contributed by atoms with Crippen LogP contribution in [0.3, 0.4) is 0 Å². The number of rotatable bonds is 7. The first-order valence-electron chi connectivity index (χ1n) is 10.7. The van der Waals surface area contributed by atoms with Gasteiger partial charge in [0.15, 0.2) is 17.3 Å². The van der Waals surface area contributed by atoms with Crippen molar-refractivity contribution in [2.24, 2.45) is 0 Å². The van der Waals surface area contributed by atoms with Gasteiger partial charge in [-0.25, -0.2) is 4.68 Å². The van der Waals surface area contributed by atoms with Gasteiger partial charge < -0.3 is 14.4 Å². The summed E-state index contributed by atoms with van der Waals surface area (Å²) in [6.45, 7) is 7.79. The van der Waals surface area contributed by atoms with E-state index in [4.69, 9.17) is 9.47 Å². The predicted octanol–water partition coefficient (Wildman–Crippen LogP) is 3.18. The molecule has 2 aromatic carbocycles. The fraction of sp³-hybridized carbons (Fsp3) is 0.435. The summed E-state index contributed by atoms with van der Waals surface area (Å²) in [7, 11) is 3.34. The number of tetrazole rings is 1. The van der Waals surface area contributed by atoms with E-state index in [0.717, 1.165) is 43.3 Å². The number of piperazine rings is 1. The molecule has 1 aliphatic rings. The lowest BCUT2D eigenvalue weighted by atomic mass is 10.0. The maximum Gasteiger partial charge on any atom is 0.173 e. The summed E-state index contributed by atoms with van der Waals surface area (Å²) in [6, 6.07) is 16.5. The molecule has 2 heterocycles. The quantitative estimate of drug-likeness (QED) is 0.579. The molecular formula is C23H30N6O2. The molecule has 0 amide bonds. The Morgan fingerprint density at radius 2 is 1.61 bits per heavy atom. The van der Waals surface area contributed by atoms with Crippen LogP contribution in [0.4, 0.5) is 5.69 Å². The van der Waals surface area contributed by atoms with Crippen molar-refractivity contribution in [2.75, 3.05) is 45.3 Å². The maximum atomic E-state index is 5.79. The Morgan fingerprint density at radius 1 is 0.871 bits per heavy atom. The van der Waals surface area contributed by atoms with Gasteiger partial charge in [0.2, 0.25) is 0 Å². The van der Waals surface area contributed by atoms with Crippen molar-refractivity contribution in [3.63, 3.8) is 0 Å². The summed E-state index contributed by atoms with van der Waals surface area (Å²) in [4.78, 5) is 4.85. The highest BCUT2D eigenvalue weighted by Gasteiger charge is 2.34. The molecule has 1 aliphatic heterocycles. The first-order chi connectivity index (χ1) is 15.1. The average molecular weight is 423 g/mol. The molecule has 8 nitrogen and oxygen atoms in total. The monoisotopic (exact) mass is 422 g/mol. The van der Waals surface area contributed by atoms with E-state index in [2.05, 4.69) is 75.6 Å². The topological polar surface area (TPSA) is 68.5 Å². The van der Waals surface area contributed by atoms with Gasteiger partial charge in [0.1, 0.15) is 6.04 Å².